The van der Waals surface area contributed by atoms with Gasteiger partial charge in [0, 0.05) is 48.5 Å². The van der Waals surface area contributed by atoms with Gasteiger partial charge in [-0.2, -0.15) is 13.2 Å². The predicted molar refractivity (Wildman–Crippen MR) is 129 cm³/mol. The van der Waals surface area contributed by atoms with Crippen LogP contribution in [-0.2, 0) is 10.0 Å². The molecule has 5 nitrogen and oxygen atoms in total. The van der Waals surface area contributed by atoms with Crippen LogP contribution in [0.3, 0.4) is 0 Å². The average Bonchev–Trinajstić information content (AvgIpc) is 2.74. The number of hydrogen-bond acceptors (Lipinski definition) is 5. The highest BCUT2D eigenvalue weighted by atomic mass is 32.2. The molecule has 0 bridgehead atoms. The minimum Gasteiger partial charge on any atom is -0.368 e. The van der Waals surface area contributed by atoms with Crippen LogP contribution in [-0.4, -0.2) is 45.6 Å². The number of allylic oxidation sites excluding steroid dienone is 1. The first kappa shape index (κ1) is 25.2. The Bertz CT molecular complexity index is 1190. The van der Waals surface area contributed by atoms with Crippen LogP contribution in [0.5, 0.6) is 0 Å². The lowest BCUT2D eigenvalue weighted by atomic mass is 9.97. The fourth-order valence-electron chi connectivity index (χ4n) is 3.95. The lowest BCUT2D eigenvalue weighted by Gasteiger charge is -2.32. The van der Waals surface area contributed by atoms with E-state index >= 15 is 0 Å². The van der Waals surface area contributed by atoms with Crippen LogP contribution in [0, 0.1) is 13.8 Å². The molecule has 2 N–H and O–H groups in total. The van der Waals surface area contributed by atoms with Gasteiger partial charge in [0.2, 0.25) is 0 Å². The van der Waals surface area contributed by atoms with E-state index in [-0.39, 0.29) is 10.5 Å². The molecule has 1 heterocycles. The number of benzene rings is 2. The quantitative estimate of drug-likeness (QED) is 0.460. The molecule has 3 rings (SSSR count). The molecule has 1 saturated heterocycles. The fraction of sp³-hybridized carbons (Fsp3) is 0.348. The summed E-state index contributed by atoms with van der Waals surface area (Å²) < 4.78 is 70.6. The zero-order valence-electron chi connectivity index (χ0n) is 18.6. The topological polar surface area (TPSA) is 61.4 Å². The molecule has 33 heavy (non-hydrogen) atoms. The van der Waals surface area contributed by atoms with E-state index in [1.54, 1.807) is 45.0 Å². The average molecular weight is 498 g/mol. The summed E-state index contributed by atoms with van der Waals surface area (Å²) in [6.07, 6.45) is -4.22. The van der Waals surface area contributed by atoms with Gasteiger partial charge in [0.1, 0.15) is 0 Å². The van der Waals surface area contributed by atoms with E-state index in [1.165, 1.54) is 12.1 Å². The van der Waals surface area contributed by atoms with Gasteiger partial charge in [0.15, 0.2) is 0 Å². The molecular weight excluding hydrogens is 471 g/mol. The van der Waals surface area contributed by atoms with Crippen molar-refractivity contribution in [3.8, 4) is 0 Å². The van der Waals surface area contributed by atoms with Crippen molar-refractivity contribution in [1.82, 2.24) is 10.0 Å². The number of thiocarbonyl (C=S) groups is 1. The molecule has 0 saturated carbocycles. The Morgan fingerprint density at radius 3 is 2.36 bits per heavy atom. The summed E-state index contributed by atoms with van der Waals surface area (Å²) in [6.45, 7) is 7.24. The number of sulfonamides is 1. The van der Waals surface area contributed by atoms with E-state index in [9.17, 15) is 21.6 Å². The van der Waals surface area contributed by atoms with Crippen LogP contribution < -0.4 is 14.9 Å². The number of nitrogens with one attached hydrogen (secondary N) is 2. The maximum atomic E-state index is 14.2. The van der Waals surface area contributed by atoms with Crippen molar-refractivity contribution in [3.63, 3.8) is 0 Å². The van der Waals surface area contributed by atoms with Gasteiger partial charge in [-0.3, -0.25) is 4.72 Å². The first-order valence-corrected chi connectivity index (χ1v) is 12.3. The van der Waals surface area contributed by atoms with Gasteiger partial charge in [0.25, 0.3) is 10.0 Å². The van der Waals surface area contributed by atoms with Gasteiger partial charge in [-0.15, -0.1) is 0 Å². The van der Waals surface area contributed by atoms with Crippen molar-refractivity contribution in [1.29, 1.82) is 0 Å². The SMILES string of the molecule is CC(=S)c1cccc(S(=O)(=O)N/C=C(\c2c(C)cccc2N2CCNCC2)C(F)(F)F)c1C. The number of hydrogen-bond donors (Lipinski definition) is 2. The van der Waals surface area contributed by atoms with Crippen molar-refractivity contribution in [2.45, 2.75) is 31.8 Å². The fourth-order valence-corrected chi connectivity index (χ4v) is 5.35. The smallest absolute Gasteiger partial charge is 0.368 e. The zero-order chi connectivity index (χ0) is 24.4. The summed E-state index contributed by atoms with van der Waals surface area (Å²) >= 11 is 5.16. The van der Waals surface area contributed by atoms with Crippen molar-refractivity contribution >= 4 is 38.4 Å². The van der Waals surface area contributed by atoms with Crippen molar-refractivity contribution in [3.05, 3.63) is 64.9 Å². The predicted octanol–water partition coefficient (Wildman–Crippen LogP) is 4.33. The second-order valence-electron chi connectivity index (χ2n) is 7.87. The Morgan fingerprint density at radius 1 is 1.12 bits per heavy atom. The Balaban J connectivity index is 2.09. The molecule has 0 amide bonds. The largest absolute Gasteiger partial charge is 0.418 e. The van der Waals surface area contributed by atoms with Gasteiger partial charge in [0.05, 0.1) is 10.5 Å². The van der Waals surface area contributed by atoms with E-state index in [1.807, 2.05) is 4.90 Å². The first-order valence-electron chi connectivity index (χ1n) is 10.4. The van der Waals surface area contributed by atoms with E-state index < -0.39 is 21.8 Å². The lowest BCUT2D eigenvalue weighted by Crippen LogP contribution is -2.44. The minimum absolute atomic E-state index is 0.0326. The summed E-state index contributed by atoms with van der Waals surface area (Å²) in [5.74, 6) is 0. The number of alkyl halides is 3. The Morgan fingerprint density at radius 2 is 1.76 bits per heavy atom. The first-order chi connectivity index (χ1) is 15.4. The van der Waals surface area contributed by atoms with Crippen LogP contribution in [0.25, 0.3) is 5.57 Å². The van der Waals surface area contributed by atoms with Gasteiger partial charge in [-0.05, 0) is 49.6 Å². The van der Waals surface area contributed by atoms with E-state index in [4.69, 9.17) is 12.2 Å². The van der Waals surface area contributed by atoms with Gasteiger partial charge in [-0.1, -0.05) is 36.5 Å². The molecule has 0 aliphatic carbocycles. The summed E-state index contributed by atoms with van der Waals surface area (Å²) in [4.78, 5) is 2.26. The van der Waals surface area contributed by atoms with Gasteiger partial charge < -0.3 is 10.2 Å². The molecule has 0 spiro atoms. The number of rotatable bonds is 6. The highest BCUT2D eigenvalue weighted by Gasteiger charge is 2.38. The van der Waals surface area contributed by atoms with Crippen LogP contribution in [0.4, 0.5) is 18.9 Å². The summed E-state index contributed by atoms with van der Waals surface area (Å²) in [7, 11) is -4.27. The van der Waals surface area contributed by atoms with Gasteiger partial charge in [-0.25, -0.2) is 8.42 Å². The molecule has 10 heteroatoms. The zero-order valence-corrected chi connectivity index (χ0v) is 20.2. The Hall–Kier alpha value is -2.43. The van der Waals surface area contributed by atoms with Crippen molar-refractivity contribution in [2.24, 2.45) is 0 Å². The summed E-state index contributed by atoms with van der Waals surface area (Å²) in [5, 5.41) is 3.18. The molecule has 0 unspecified atom stereocenters. The number of nitrogens with zero attached hydrogens (tertiary/aromatic N) is 1. The molecule has 1 aliphatic heterocycles. The maximum absolute atomic E-state index is 14.2. The number of aryl methyl sites for hydroxylation is 1. The number of anilines is 1. The normalized spacial score (nSPS) is 15.5. The van der Waals surface area contributed by atoms with Gasteiger partial charge >= 0.3 is 6.18 Å². The maximum Gasteiger partial charge on any atom is 0.418 e. The van der Waals surface area contributed by atoms with Crippen molar-refractivity contribution in [2.75, 3.05) is 31.1 Å². The van der Waals surface area contributed by atoms with Crippen LogP contribution in [0.1, 0.15) is 29.2 Å². The highest BCUT2D eigenvalue weighted by Crippen LogP contribution is 2.40. The molecule has 178 valence electrons. The molecular formula is C23H26F3N3O2S2. The van der Waals surface area contributed by atoms with Crippen LogP contribution >= 0.6 is 12.2 Å². The lowest BCUT2D eigenvalue weighted by molar-refractivity contribution is -0.0690. The Labute approximate surface area is 197 Å². The van der Waals surface area contributed by atoms with Crippen LogP contribution in [0.15, 0.2) is 47.5 Å². The van der Waals surface area contributed by atoms with E-state index in [0.717, 1.165) is 0 Å². The number of halogens is 3. The second kappa shape index (κ2) is 9.82. The summed E-state index contributed by atoms with van der Waals surface area (Å²) in [6, 6.07) is 9.48. The molecule has 0 atom stereocenters. The Kier molecular flexibility index (Phi) is 7.50. The third-order valence-electron chi connectivity index (χ3n) is 5.59. The van der Waals surface area contributed by atoms with Crippen molar-refractivity contribution < 1.29 is 21.6 Å². The molecule has 1 aliphatic rings. The molecule has 1 fully saturated rings. The third-order valence-corrected chi connectivity index (χ3v) is 7.26. The monoisotopic (exact) mass is 497 g/mol. The van der Waals surface area contributed by atoms with E-state index in [2.05, 4.69) is 10.0 Å². The molecule has 0 radical (unpaired) electrons. The summed E-state index contributed by atoms with van der Waals surface area (Å²) in [5.41, 5.74) is 0.703. The second-order valence-corrected chi connectivity index (χ2v) is 10.2. The number of piperazine rings is 1. The molecule has 2 aromatic carbocycles. The third kappa shape index (κ3) is 5.56. The minimum atomic E-state index is -4.78. The molecule has 0 aromatic heterocycles. The van der Waals surface area contributed by atoms with Crippen LogP contribution in [0.2, 0.25) is 0 Å². The van der Waals surface area contributed by atoms with E-state index in [0.29, 0.717) is 59.6 Å². The standard InChI is InChI=1S/C23H26F3N3O2S2/c1-15-6-4-8-20(29-12-10-27-11-13-29)22(15)19(23(24,25)26)14-28-33(30,31)21-9-5-7-18(16(21)2)17(3)32/h4-9,14,27-28H,10-13H2,1-3H3/b19-14+. The molecule has 2 aromatic rings. The highest BCUT2D eigenvalue weighted by molar-refractivity contribution is 7.89.